The number of aryl methyl sites for hydroxylation is 1. The van der Waals surface area contributed by atoms with Gasteiger partial charge in [0.15, 0.2) is 0 Å². The van der Waals surface area contributed by atoms with E-state index >= 15 is 0 Å². The lowest BCUT2D eigenvalue weighted by Crippen LogP contribution is -2.51. The van der Waals surface area contributed by atoms with Crippen molar-refractivity contribution in [2.24, 2.45) is 0 Å². The summed E-state index contributed by atoms with van der Waals surface area (Å²) in [6.07, 6.45) is 6.86. The smallest absolute Gasteiger partial charge is 0.122 e. The zero-order valence-corrected chi connectivity index (χ0v) is 21.8. The number of aliphatic hydroxyl groups is 1. The van der Waals surface area contributed by atoms with Crippen LogP contribution >= 0.6 is 11.6 Å². The number of hydrogen-bond donors (Lipinski definition) is 1. The summed E-state index contributed by atoms with van der Waals surface area (Å²) < 4.78 is 6.15. The normalized spacial score (nSPS) is 23.2. The average Bonchev–Trinajstić information content (AvgIpc) is 3.14. The Balaban J connectivity index is 1.16. The van der Waals surface area contributed by atoms with Crippen molar-refractivity contribution < 1.29 is 9.84 Å². The Labute approximate surface area is 219 Å². The maximum absolute atomic E-state index is 10.8. The number of piperidine rings is 1. The zero-order valence-electron chi connectivity index (χ0n) is 21.0. The van der Waals surface area contributed by atoms with Gasteiger partial charge in [0.2, 0.25) is 0 Å². The van der Waals surface area contributed by atoms with E-state index in [9.17, 15) is 5.11 Å². The molecular formula is C31H33ClN2O2. The second kappa shape index (κ2) is 10.6. The highest BCUT2D eigenvalue weighted by Crippen LogP contribution is 2.41. The van der Waals surface area contributed by atoms with E-state index in [4.69, 9.17) is 16.3 Å². The summed E-state index contributed by atoms with van der Waals surface area (Å²) in [4.78, 5) is 7.06. The number of rotatable bonds is 6. The number of hydrogen-bond acceptors (Lipinski definition) is 4. The lowest BCUT2D eigenvalue weighted by Gasteiger charge is -2.43. The van der Waals surface area contributed by atoms with Gasteiger partial charge in [-0.05, 0) is 92.5 Å². The number of halogens is 1. The van der Waals surface area contributed by atoms with Gasteiger partial charge in [-0.15, -0.1) is 0 Å². The van der Waals surface area contributed by atoms with Crippen LogP contribution in [0.5, 0.6) is 5.75 Å². The summed E-state index contributed by atoms with van der Waals surface area (Å²) in [6.45, 7) is 5.73. The van der Waals surface area contributed by atoms with E-state index in [1.54, 1.807) is 0 Å². The first-order chi connectivity index (χ1) is 17.4. The summed E-state index contributed by atoms with van der Waals surface area (Å²) in [5.74, 6) is 7.28. The van der Waals surface area contributed by atoms with Crippen LogP contribution in [0, 0.1) is 18.8 Å². The Morgan fingerprint density at radius 3 is 2.39 bits per heavy atom. The summed E-state index contributed by atoms with van der Waals surface area (Å²) in [6, 6.07) is 18.8. The fourth-order valence-corrected chi connectivity index (χ4v) is 5.76. The second-order valence-corrected chi connectivity index (χ2v) is 10.6. The van der Waals surface area contributed by atoms with Gasteiger partial charge in [0, 0.05) is 41.0 Å². The van der Waals surface area contributed by atoms with Gasteiger partial charge in [-0.25, -0.2) is 4.98 Å². The molecule has 4 nitrogen and oxygen atoms in total. The molecular weight excluding hydrogens is 468 g/mol. The molecule has 3 atom stereocenters. The van der Waals surface area contributed by atoms with E-state index in [1.807, 2.05) is 54.7 Å². The van der Waals surface area contributed by atoms with E-state index in [0.717, 1.165) is 64.5 Å². The molecule has 1 aromatic heterocycles. The van der Waals surface area contributed by atoms with Gasteiger partial charge in [-0.1, -0.05) is 42.6 Å². The van der Waals surface area contributed by atoms with Crippen LogP contribution < -0.4 is 4.74 Å². The predicted molar refractivity (Wildman–Crippen MR) is 145 cm³/mol. The number of aromatic nitrogens is 1. The maximum Gasteiger partial charge on any atom is 0.122 e. The minimum Gasteiger partial charge on any atom is -0.492 e. The summed E-state index contributed by atoms with van der Waals surface area (Å²) >= 11 is 5.98. The van der Waals surface area contributed by atoms with Crippen LogP contribution in [0.4, 0.5) is 0 Å². The number of ether oxygens (including phenoxy) is 1. The van der Waals surface area contributed by atoms with E-state index in [0.29, 0.717) is 18.7 Å². The highest BCUT2D eigenvalue weighted by Gasteiger charge is 2.46. The molecule has 0 amide bonds. The fourth-order valence-electron chi connectivity index (χ4n) is 5.63. The Hall–Kier alpha value is -2.84. The Morgan fingerprint density at radius 2 is 1.75 bits per heavy atom. The minimum absolute atomic E-state index is 0.467. The monoisotopic (exact) mass is 500 g/mol. The molecule has 0 radical (unpaired) electrons. The third-order valence-electron chi connectivity index (χ3n) is 7.72. The molecule has 0 spiro atoms. The molecule has 0 saturated carbocycles. The molecule has 36 heavy (non-hydrogen) atoms. The lowest BCUT2D eigenvalue weighted by molar-refractivity contribution is -0.0563. The third-order valence-corrected chi connectivity index (χ3v) is 7.97. The van der Waals surface area contributed by atoms with Crippen molar-refractivity contribution in [1.82, 2.24) is 9.88 Å². The Bertz CT molecular complexity index is 1250. The van der Waals surface area contributed by atoms with Crippen molar-refractivity contribution in [2.75, 3.05) is 13.2 Å². The number of benzene rings is 2. The van der Waals surface area contributed by atoms with Gasteiger partial charge in [0.1, 0.15) is 18.1 Å². The lowest BCUT2D eigenvalue weighted by atomic mass is 9.84. The molecule has 5 heteroatoms. The first-order valence-corrected chi connectivity index (χ1v) is 13.3. The quantitative estimate of drug-likeness (QED) is 0.406. The van der Waals surface area contributed by atoms with Crippen LogP contribution in [-0.4, -0.2) is 45.8 Å². The SMILES string of the molecule is CC[C@@]1(O)C[C@H]2CC[C@@H](C1)N2CCOc1ccc(C#Cc2ccc(-c3ccc(Cl)cc3)cn2)cc1C. The first kappa shape index (κ1) is 24.8. The summed E-state index contributed by atoms with van der Waals surface area (Å²) in [7, 11) is 0. The Morgan fingerprint density at radius 1 is 1.03 bits per heavy atom. The predicted octanol–water partition coefficient (Wildman–Crippen LogP) is 6.26. The average molecular weight is 501 g/mol. The summed E-state index contributed by atoms with van der Waals surface area (Å²) in [5, 5.41) is 11.5. The molecule has 0 unspecified atom stereocenters. The molecule has 5 rings (SSSR count). The van der Waals surface area contributed by atoms with Crippen LogP contribution in [0.1, 0.15) is 55.8 Å². The Kier molecular flexibility index (Phi) is 7.34. The van der Waals surface area contributed by atoms with Gasteiger partial charge in [0.05, 0.1) is 5.60 Å². The molecule has 2 aliphatic heterocycles. The van der Waals surface area contributed by atoms with Gasteiger partial charge >= 0.3 is 0 Å². The van der Waals surface area contributed by atoms with Gasteiger partial charge < -0.3 is 9.84 Å². The molecule has 2 bridgehead atoms. The van der Waals surface area contributed by atoms with Crippen LogP contribution in [0.3, 0.4) is 0 Å². The van der Waals surface area contributed by atoms with Crippen molar-refractivity contribution in [2.45, 2.75) is 63.6 Å². The molecule has 1 N–H and O–H groups in total. The second-order valence-electron chi connectivity index (χ2n) is 10.1. The maximum atomic E-state index is 10.8. The van der Waals surface area contributed by atoms with Crippen molar-refractivity contribution in [3.63, 3.8) is 0 Å². The van der Waals surface area contributed by atoms with E-state index in [1.165, 1.54) is 12.8 Å². The molecule has 3 heterocycles. The molecule has 2 aliphatic rings. The summed E-state index contributed by atoms with van der Waals surface area (Å²) in [5.41, 5.74) is 4.40. The van der Waals surface area contributed by atoms with Crippen LogP contribution in [0.15, 0.2) is 60.8 Å². The third kappa shape index (κ3) is 5.60. The van der Waals surface area contributed by atoms with Crippen LogP contribution in [-0.2, 0) is 0 Å². The molecule has 2 saturated heterocycles. The standard InChI is InChI=1S/C31H33ClN2O2/c1-3-31(35)19-28-13-14-29(20-31)34(28)16-17-36-30-15-5-23(18-22(30)2)4-11-27-12-8-25(21-33-27)24-6-9-26(32)10-7-24/h5-10,12,15,18,21,28-29,35H,3,13-14,16-17,19-20H2,1-2H3/t28-,29+,31-. The van der Waals surface area contributed by atoms with Crippen molar-refractivity contribution >= 4 is 11.6 Å². The minimum atomic E-state index is -0.467. The van der Waals surface area contributed by atoms with Gasteiger partial charge in [-0.2, -0.15) is 0 Å². The van der Waals surface area contributed by atoms with Crippen molar-refractivity contribution in [1.29, 1.82) is 0 Å². The zero-order chi connectivity index (χ0) is 25.1. The highest BCUT2D eigenvalue weighted by molar-refractivity contribution is 6.30. The molecule has 186 valence electrons. The topological polar surface area (TPSA) is 45.6 Å². The van der Waals surface area contributed by atoms with Gasteiger partial charge in [0.25, 0.3) is 0 Å². The van der Waals surface area contributed by atoms with E-state index in [2.05, 4.69) is 41.6 Å². The van der Waals surface area contributed by atoms with Crippen molar-refractivity contribution in [3.05, 3.63) is 82.6 Å². The van der Waals surface area contributed by atoms with E-state index in [-0.39, 0.29) is 0 Å². The molecule has 2 fully saturated rings. The van der Waals surface area contributed by atoms with Crippen LogP contribution in [0.25, 0.3) is 11.1 Å². The molecule has 3 aromatic rings. The van der Waals surface area contributed by atoms with Crippen LogP contribution in [0.2, 0.25) is 5.02 Å². The molecule has 0 aliphatic carbocycles. The number of nitrogens with zero attached hydrogens (tertiary/aromatic N) is 2. The highest BCUT2D eigenvalue weighted by atomic mass is 35.5. The number of pyridine rings is 1. The largest absolute Gasteiger partial charge is 0.492 e. The first-order valence-electron chi connectivity index (χ1n) is 12.9. The number of fused-ring (bicyclic) bond motifs is 2. The van der Waals surface area contributed by atoms with Gasteiger partial charge in [-0.3, -0.25) is 4.90 Å². The molecule has 2 aromatic carbocycles. The fraction of sp³-hybridized carbons (Fsp3) is 0.387. The van der Waals surface area contributed by atoms with E-state index < -0.39 is 5.60 Å². The van der Waals surface area contributed by atoms with Crippen molar-refractivity contribution in [3.8, 4) is 28.7 Å².